The van der Waals surface area contributed by atoms with E-state index in [1.807, 2.05) is 11.6 Å². The Morgan fingerprint density at radius 1 is 1.43 bits per heavy atom. The van der Waals surface area contributed by atoms with Gasteiger partial charge in [0.15, 0.2) is 0 Å². The van der Waals surface area contributed by atoms with Gasteiger partial charge in [0.2, 0.25) is 0 Å². The average molecular weight is 372 g/mol. The summed E-state index contributed by atoms with van der Waals surface area (Å²) in [4.78, 5) is 10.7. The summed E-state index contributed by atoms with van der Waals surface area (Å²) in [6.45, 7) is 5.23. The zero-order valence-electron chi connectivity index (χ0n) is 11.9. The molecule has 0 N–H and O–H groups in total. The van der Waals surface area contributed by atoms with Gasteiger partial charge >= 0.3 is 0 Å². The summed E-state index contributed by atoms with van der Waals surface area (Å²) in [6.07, 6.45) is 1.61. The molecule has 0 bridgehead atoms. The van der Waals surface area contributed by atoms with E-state index >= 15 is 0 Å². The van der Waals surface area contributed by atoms with Crippen molar-refractivity contribution in [2.45, 2.75) is 33.4 Å². The van der Waals surface area contributed by atoms with Gasteiger partial charge in [0.25, 0.3) is 0 Å². The van der Waals surface area contributed by atoms with Crippen LogP contribution in [-0.4, -0.2) is 16.1 Å². The van der Waals surface area contributed by atoms with Crippen molar-refractivity contribution in [3.63, 3.8) is 0 Å². The van der Waals surface area contributed by atoms with Crippen LogP contribution in [0.5, 0.6) is 5.75 Å². The van der Waals surface area contributed by atoms with Crippen LogP contribution >= 0.6 is 27.5 Å². The first kappa shape index (κ1) is 16.0. The second kappa shape index (κ2) is 7.09. The second-order valence-electron chi connectivity index (χ2n) is 4.47. The van der Waals surface area contributed by atoms with Gasteiger partial charge in [0, 0.05) is 12.1 Å². The molecule has 6 heteroatoms. The van der Waals surface area contributed by atoms with E-state index in [-0.39, 0.29) is 0 Å². The van der Waals surface area contributed by atoms with Crippen molar-refractivity contribution in [3.8, 4) is 5.75 Å². The summed E-state index contributed by atoms with van der Waals surface area (Å²) in [6, 6.07) is 4.97. The van der Waals surface area contributed by atoms with E-state index < -0.39 is 0 Å². The van der Waals surface area contributed by atoms with Gasteiger partial charge in [0.05, 0.1) is 20.9 Å². The Hall–Kier alpha value is -1.33. The number of nitrogens with zero attached hydrogens (tertiary/aromatic N) is 2. The number of ether oxygens (including phenoxy) is 1. The number of carbonyl (C=O) groups is 1. The molecular formula is C15H16BrClN2O2. The third-order valence-electron chi connectivity index (χ3n) is 3.15. The minimum atomic E-state index is 0.363. The van der Waals surface area contributed by atoms with Crippen LogP contribution in [0.2, 0.25) is 5.02 Å². The Morgan fingerprint density at radius 2 is 2.19 bits per heavy atom. The van der Waals surface area contributed by atoms with Crippen molar-refractivity contribution < 1.29 is 9.53 Å². The molecule has 0 saturated heterocycles. The van der Waals surface area contributed by atoms with Crippen LogP contribution in [0, 0.1) is 0 Å². The average Bonchev–Trinajstić information content (AvgIpc) is 2.81. The zero-order valence-corrected chi connectivity index (χ0v) is 14.2. The highest BCUT2D eigenvalue weighted by Crippen LogP contribution is 2.28. The summed E-state index contributed by atoms with van der Waals surface area (Å²) in [5.41, 5.74) is 2.52. The largest absolute Gasteiger partial charge is 0.486 e. The molecule has 0 fully saturated rings. The fraction of sp³-hybridized carbons (Fsp3) is 0.333. The zero-order chi connectivity index (χ0) is 15.4. The molecule has 1 heterocycles. The van der Waals surface area contributed by atoms with E-state index in [0.29, 0.717) is 22.9 Å². The number of aromatic nitrogens is 2. The fourth-order valence-electron chi connectivity index (χ4n) is 2.01. The molecule has 112 valence electrons. The van der Waals surface area contributed by atoms with Gasteiger partial charge in [-0.25, -0.2) is 0 Å². The molecule has 2 rings (SSSR count). The summed E-state index contributed by atoms with van der Waals surface area (Å²) in [5, 5.41) is 4.94. The van der Waals surface area contributed by atoms with Crippen LogP contribution in [-0.2, 0) is 19.6 Å². The molecule has 0 aliphatic rings. The van der Waals surface area contributed by atoms with E-state index in [1.54, 1.807) is 18.2 Å². The van der Waals surface area contributed by atoms with E-state index in [4.69, 9.17) is 16.3 Å². The lowest BCUT2D eigenvalue weighted by atomic mass is 10.2. The topological polar surface area (TPSA) is 44.1 Å². The quantitative estimate of drug-likeness (QED) is 0.712. The number of hydrogen-bond acceptors (Lipinski definition) is 3. The van der Waals surface area contributed by atoms with E-state index in [1.165, 1.54) is 0 Å². The predicted octanol–water partition coefficient (Wildman–Crippen LogP) is 4.27. The Kier molecular flexibility index (Phi) is 5.42. The van der Waals surface area contributed by atoms with Gasteiger partial charge in [-0.2, -0.15) is 5.10 Å². The molecule has 0 atom stereocenters. The molecule has 0 spiro atoms. The van der Waals surface area contributed by atoms with Crippen molar-refractivity contribution in [1.82, 2.24) is 9.78 Å². The van der Waals surface area contributed by atoms with Crippen molar-refractivity contribution in [1.29, 1.82) is 0 Å². The van der Waals surface area contributed by atoms with Gasteiger partial charge in [-0.3, -0.25) is 9.48 Å². The first-order valence-corrected chi connectivity index (χ1v) is 7.89. The summed E-state index contributed by atoms with van der Waals surface area (Å²) >= 11 is 9.68. The maximum Gasteiger partial charge on any atom is 0.150 e. The molecule has 0 aliphatic carbocycles. The van der Waals surface area contributed by atoms with Crippen molar-refractivity contribution in [2.75, 3.05) is 0 Å². The number of halogens is 2. The highest BCUT2D eigenvalue weighted by molar-refractivity contribution is 9.10. The van der Waals surface area contributed by atoms with Crippen LogP contribution in [0.4, 0.5) is 0 Å². The number of hydrogen-bond donors (Lipinski definition) is 0. The van der Waals surface area contributed by atoms with Crippen molar-refractivity contribution >= 4 is 33.8 Å². The monoisotopic (exact) mass is 370 g/mol. The maximum absolute atomic E-state index is 10.7. The van der Waals surface area contributed by atoms with E-state index in [2.05, 4.69) is 28.0 Å². The third-order valence-corrected chi connectivity index (χ3v) is 4.36. The molecule has 0 aliphatic heterocycles. The molecule has 0 amide bonds. The Balaban J connectivity index is 2.20. The first-order valence-electron chi connectivity index (χ1n) is 6.72. The highest BCUT2D eigenvalue weighted by Gasteiger charge is 2.15. The van der Waals surface area contributed by atoms with E-state index in [0.717, 1.165) is 35.1 Å². The predicted molar refractivity (Wildman–Crippen MR) is 86.2 cm³/mol. The minimum absolute atomic E-state index is 0.363. The van der Waals surface area contributed by atoms with Crippen LogP contribution < -0.4 is 4.74 Å². The van der Waals surface area contributed by atoms with Gasteiger partial charge in [0.1, 0.15) is 18.6 Å². The van der Waals surface area contributed by atoms with E-state index in [9.17, 15) is 4.79 Å². The second-order valence-corrected chi connectivity index (χ2v) is 5.67. The number of benzene rings is 1. The van der Waals surface area contributed by atoms with Gasteiger partial charge in [-0.05, 0) is 47.5 Å². The molecule has 0 unspecified atom stereocenters. The number of carbonyl (C=O) groups excluding carboxylic acids is 1. The normalized spacial score (nSPS) is 10.7. The summed E-state index contributed by atoms with van der Waals surface area (Å²) in [5.74, 6) is 0.552. The van der Waals surface area contributed by atoms with Crippen LogP contribution in [0.1, 0.15) is 35.6 Å². The molecular weight excluding hydrogens is 356 g/mol. The van der Waals surface area contributed by atoms with Crippen LogP contribution in [0.25, 0.3) is 0 Å². The lowest BCUT2D eigenvalue weighted by molar-refractivity contribution is 0.112. The molecule has 1 aromatic carbocycles. The first-order chi connectivity index (χ1) is 10.1. The van der Waals surface area contributed by atoms with Crippen molar-refractivity contribution in [3.05, 3.63) is 44.6 Å². The highest BCUT2D eigenvalue weighted by atomic mass is 79.9. The van der Waals surface area contributed by atoms with Crippen LogP contribution in [0.15, 0.2) is 22.7 Å². The SMILES string of the molecule is CCc1nn(CC)c(COc2ccc(C=O)cc2Cl)c1Br. The van der Waals surface area contributed by atoms with Gasteiger partial charge < -0.3 is 4.74 Å². The maximum atomic E-state index is 10.7. The molecule has 1 aromatic heterocycles. The van der Waals surface area contributed by atoms with Crippen molar-refractivity contribution in [2.24, 2.45) is 0 Å². The molecule has 4 nitrogen and oxygen atoms in total. The molecule has 2 aromatic rings. The minimum Gasteiger partial charge on any atom is -0.486 e. The van der Waals surface area contributed by atoms with Gasteiger partial charge in [-0.1, -0.05) is 18.5 Å². The Bertz CT molecular complexity index is 655. The smallest absolute Gasteiger partial charge is 0.150 e. The van der Waals surface area contributed by atoms with Crippen LogP contribution in [0.3, 0.4) is 0 Å². The number of aldehydes is 1. The Labute approximate surface area is 137 Å². The molecule has 21 heavy (non-hydrogen) atoms. The standard InChI is InChI=1S/C15H16BrClN2O2/c1-3-12-15(16)13(19(4-2)18-12)9-21-14-6-5-10(8-20)7-11(14)17/h5-8H,3-4,9H2,1-2H3. The van der Waals surface area contributed by atoms with Gasteiger partial charge in [-0.15, -0.1) is 0 Å². The Morgan fingerprint density at radius 3 is 2.76 bits per heavy atom. The number of rotatable bonds is 6. The number of aryl methyl sites for hydroxylation is 2. The molecule has 0 saturated carbocycles. The lowest BCUT2D eigenvalue weighted by Crippen LogP contribution is -2.07. The fourth-order valence-corrected chi connectivity index (χ4v) is 2.93. The lowest BCUT2D eigenvalue weighted by Gasteiger charge is -2.10. The third kappa shape index (κ3) is 3.47. The summed E-state index contributed by atoms with van der Waals surface area (Å²) in [7, 11) is 0. The molecule has 0 radical (unpaired) electrons. The summed E-state index contributed by atoms with van der Waals surface area (Å²) < 4.78 is 8.66.